The van der Waals surface area contributed by atoms with Crippen molar-refractivity contribution in [2.45, 2.75) is 32.6 Å². The molecule has 9 heteroatoms. The number of thiocarbonyl (C=S) groups is 1. The Labute approximate surface area is 195 Å². The number of rotatable bonds is 7. The summed E-state index contributed by atoms with van der Waals surface area (Å²) >= 11 is 6.38. The molecule has 2 aromatic rings. The van der Waals surface area contributed by atoms with Gasteiger partial charge in [0.15, 0.2) is 4.32 Å². The average molecular weight is 467 g/mol. The molecule has 0 unspecified atom stereocenters. The van der Waals surface area contributed by atoms with E-state index in [1.54, 1.807) is 17.0 Å². The Morgan fingerprint density at radius 2 is 1.81 bits per heavy atom. The topological polar surface area (TPSA) is 82.6 Å². The third-order valence-corrected chi connectivity index (χ3v) is 6.68. The molecule has 3 heterocycles. The van der Waals surface area contributed by atoms with E-state index in [-0.39, 0.29) is 15.1 Å². The number of hydrogen-bond acceptors (Lipinski definition) is 6. The van der Waals surface area contributed by atoms with Gasteiger partial charge < -0.3 is 4.90 Å². The van der Waals surface area contributed by atoms with Gasteiger partial charge in [0, 0.05) is 30.1 Å². The van der Waals surface area contributed by atoms with E-state index in [1.807, 2.05) is 24.3 Å². The van der Waals surface area contributed by atoms with Crippen LogP contribution >= 0.6 is 24.0 Å². The van der Waals surface area contributed by atoms with Crippen LogP contribution in [0.4, 0.5) is 5.69 Å². The normalized spacial score (nSPS) is 17.8. The molecule has 164 valence electrons. The number of para-hydroxylation sites is 1. The monoisotopic (exact) mass is 466 g/mol. The Morgan fingerprint density at radius 1 is 1.06 bits per heavy atom. The Hall–Kier alpha value is -3.04. The first-order chi connectivity index (χ1) is 15.5. The van der Waals surface area contributed by atoms with Crippen LogP contribution in [0, 0.1) is 0 Å². The highest BCUT2D eigenvalue weighted by Gasteiger charge is 2.42. The van der Waals surface area contributed by atoms with Gasteiger partial charge in [0.25, 0.3) is 17.7 Å². The summed E-state index contributed by atoms with van der Waals surface area (Å²) in [4.78, 5) is 44.9. The van der Waals surface area contributed by atoms with Gasteiger partial charge in [-0.15, -0.1) is 0 Å². The molecule has 0 bridgehead atoms. The third-order valence-electron chi connectivity index (χ3n) is 5.31. The lowest BCUT2D eigenvalue weighted by atomic mass is 10.1. The molecule has 1 fully saturated rings. The van der Waals surface area contributed by atoms with Crippen LogP contribution in [0.1, 0.15) is 48.5 Å². The van der Waals surface area contributed by atoms with E-state index in [4.69, 9.17) is 12.2 Å². The van der Waals surface area contributed by atoms with Crippen LogP contribution < -0.4 is 10.3 Å². The summed E-state index contributed by atoms with van der Waals surface area (Å²) in [7, 11) is 0. The fraction of sp³-hybridized carbons (Fsp3) is 0.261. The lowest BCUT2D eigenvalue weighted by Gasteiger charge is -2.17. The number of amides is 3. The van der Waals surface area contributed by atoms with E-state index in [2.05, 4.69) is 17.3 Å². The second-order valence-corrected chi connectivity index (χ2v) is 9.07. The molecule has 4 rings (SSSR count). The third kappa shape index (κ3) is 4.18. The maximum atomic E-state index is 13.4. The summed E-state index contributed by atoms with van der Waals surface area (Å²) < 4.78 is 0.173. The molecule has 1 aromatic heterocycles. The number of hydrogen-bond donors (Lipinski definition) is 1. The smallest absolute Gasteiger partial charge is 0.286 e. The van der Waals surface area contributed by atoms with Crippen LogP contribution in [-0.4, -0.2) is 38.6 Å². The maximum Gasteiger partial charge on any atom is 0.286 e. The molecular weight excluding hydrogens is 444 g/mol. The van der Waals surface area contributed by atoms with Gasteiger partial charge in [-0.1, -0.05) is 56.1 Å². The Balaban J connectivity index is 1.61. The van der Waals surface area contributed by atoms with Crippen molar-refractivity contribution in [2.75, 3.05) is 11.4 Å². The zero-order chi connectivity index (χ0) is 22.7. The number of carbonyl (C=O) groups is 3. The van der Waals surface area contributed by atoms with Crippen molar-refractivity contribution in [3.8, 4) is 0 Å². The Kier molecular flexibility index (Phi) is 6.66. The van der Waals surface area contributed by atoms with Crippen LogP contribution in [0.3, 0.4) is 0 Å². The molecule has 1 saturated heterocycles. The molecule has 0 spiro atoms. The van der Waals surface area contributed by atoms with Crippen LogP contribution in [0.2, 0.25) is 0 Å². The number of pyridine rings is 1. The molecule has 0 radical (unpaired) electrons. The van der Waals surface area contributed by atoms with E-state index in [0.29, 0.717) is 23.2 Å². The molecule has 2 aliphatic heterocycles. The van der Waals surface area contributed by atoms with Gasteiger partial charge in [0.05, 0.1) is 16.2 Å². The van der Waals surface area contributed by atoms with E-state index >= 15 is 0 Å². The first-order valence-corrected chi connectivity index (χ1v) is 11.7. The minimum Gasteiger partial charge on any atom is -0.308 e. The van der Waals surface area contributed by atoms with Crippen LogP contribution in [0.25, 0.3) is 5.57 Å². The molecule has 0 atom stereocenters. The summed E-state index contributed by atoms with van der Waals surface area (Å²) in [6.07, 6.45) is 7.15. The first kappa shape index (κ1) is 22.2. The summed E-state index contributed by atoms with van der Waals surface area (Å²) in [6, 6.07) is 10.5. The summed E-state index contributed by atoms with van der Waals surface area (Å²) in [6.45, 7) is 2.74. The Bertz CT molecular complexity index is 1120. The van der Waals surface area contributed by atoms with E-state index in [9.17, 15) is 14.4 Å². The van der Waals surface area contributed by atoms with Gasteiger partial charge in [0.2, 0.25) is 0 Å². The fourth-order valence-corrected chi connectivity index (χ4v) is 4.95. The maximum absolute atomic E-state index is 13.4. The first-order valence-electron chi connectivity index (χ1n) is 10.5. The predicted octanol–water partition coefficient (Wildman–Crippen LogP) is 3.92. The molecule has 2 aliphatic rings. The van der Waals surface area contributed by atoms with Crippen molar-refractivity contribution in [3.63, 3.8) is 0 Å². The molecule has 32 heavy (non-hydrogen) atoms. The number of hydrazine groups is 1. The van der Waals surface area contributed by atoms with Crippen molar-refractivity contribution >= 4 is 57.3 Å². The summed E-state index contributed by atoms with van der Waals surface area (Å²) in [5, 5.41) is 1.03. The number of nitrogens with zero attached hydrogens (tertiary/aromatic N) is 3. The number of aromatic nitrogens is 1. The molecular formula is C23H22N4O3S2. The standard InChI is InChI=1S/C23H22N4O3S2/c1-2-3-4-7-14-26-17-9-6-5-8-16(17)18(21(26)29)19-22(30)27(23(31)32-19)25-20(28)15-10-12-24-13-11-15/h5-6,8-13H,2-4,7,14H2,1H3,(H,25,28)/b19-18-. The molecule has 3 amide bonds. The minimum absolute atomic E-state index is 0.173. The van der Waals surface area contributed by atoms with Crippen molar-refractivity contribution in [2.24, 2.45) is 0 Å². The van der Waals surface area contributed by atoms with Gasteiger partial charge >= 0.3 is 0 Å². The fourth-order valence-electron chi connectivity index (χ4n) is 3.70. The van der Waals surface area contributed by atoms with Gasteiger partial charge in [-0.25, -0.2) is 0 Å². The Morgan fingerprint density at radius 3 is 2.56 bits per heavy atom. The lowest BCUT2D eigenvalue weighted by molar-refractivity contribution is -0.124. The number of carbonyl (C=O) groups excluding carboxylic acids is 3. The highest BCUT2D eigenvalue weighted by atomic mass is 32.2. The van der Waals surface area contributed by atoms with E-state index in [0.717, 1.165) is 48.1 Å². The number of fused-ring (bicyclic) bond motifs is 1. The number of thioether (sulfide) groups is 1. The van der Waals surface area contributed by atoms with Crippen LogP contribution in [-0.2, 0) is 9.59 Å². The molecule has 0 aliphatic carbocycles. The zero-order valence-corrected chi connectivity index (χ0v) is 19.2. The number of unbranched alkanes of at least 4 members (excludes halogenated alkanes) is 3. The largest absolute Gasteiger partial charge is 0.308 e. The molecule has 1 aromatic carbocycles. The van der Waals surface area contributed by atoms with E-state index < -0.39 is 11.8 Å². The summed E-state index contributed by atoms with van der Waals surface area (Å²) in [5.41, 5.74) is 4.75. The number of anilines is 1. The highest BCUT2D eigenvalue weighted by molar-refractivity contribution is 8.26. The molecule has 0 saturated carbocycles. The van der Waals surface area contributed by atoms with Crippen molar-refractivity contribution in [1.82, 2.24) is 15.4 Å². The van der Waals surface area contributed by atoms with Crippen molar-refractivity contribution in [3.05, 3.63) is 64.8 Å². The predicted molar refractivity (Wildman–Crippen MR) is 129 cm³/mol. The average Bonchev–Trinajstić information content (AvgIpc) is 3.24. The lowest BCUT2D eigenvalue weighted by Crippen LogP contribution is -2.45. The highest BCUT2D eigenvalue weighted by Crippen LogP contribution is 2.44. The van der Waals surface area contributed by atoms with Gasteiger partial charge in [-0.2, -0.15) is 5.01 Å². The van der Waals surface area contributed by atoms with Gasteiger partial charge in [0.1, 0.15) is 0 Å². The second-order valence-electron chi connectivity index (χ2n) is 7.42. The summed E-state index contributed by atoms with van der Waals surface area (Å²) in [5.74, 6) is -1.19. The van der Waals surface area contributed by atoms with E-state index in [1.165, 1.54) is 12.4 Å². The minimum atomic E-state index is -0.506. The quantitative estimate of drug-likeness (QED) is 0.378. The van der Waals surface area contributed by atoms with Crippen LogP contribution in [0.5, 0.6) is 0 Å². The molecule has 7 nitrogen and oxygen atoms in total. The van der Waals surface area contributed by atoms with Crippen LogP contribution in [0.15, 0.2) is 53.7 Å². The molecule has 1 N–H and O–H groups in total. The number of benzene rings is 1. The number of nitrogens with one attached hydrogen (secondary N) is 1. The van der Waals surface area contributed by atoms with Gasteiger partial charge in [-0.05, 0) is 36.8 Å². The van der Waals surface area contributed by atoms with Crippen molar-refractivity contribution in [1.29, 1.82) is 0 Å². The van der Waals surface area contributed by atoms with Crippen molar-refractivity contribution < 1.29 is 14.4 Å². The SMILES string of the molecule is CCCCCCN1C(=O)/C(=C2\SC(=S)N(NC(=O)c3ccncc3)C2=O)c2ccccc21. The zero-order valence-electron chi connectivity index (χ0n) is 17.5. The second kappa shape index (κ2) is 9.62. The van der Waals surface area contributed by atoms with Gasteiger partial charge in [-0.3, -0.25) is 24.8 Å².